The summed E-state index contributed by atoms with van der Waals surface area (Å²) in [7, 11) is 1.78. The fourth-order valence-electron chi connectivity index (χ4n) is 2.04. The van der Waals surface area contributed by atoms with Gasteiger partial charge in [0, 0.05) is 18.5 Å². The van der Waals surface area contributed by atoms with E-state index in [2.05, 4.69) is 18.9 Å². The first-order chi connectivity index (χ1) is 8.56. The van der Waals surface area contributed by atoms with Gasteiger partial charge in [-0.3, -0.25) is 4.68 Å². The summed E-state index contributed by atoms with van der Waals surface area (Å²) in [5, 5.41) is 4.42. The van der Waals surface area contributed by atoms with E-state index in [1.54, 1.807) is 23.9 Å². The average molecular weight is 247 g/mol. The maximum absolute atomic E-state index is 13.9. The van der Waals surface area contributed by atoms with Crippen LogP contribution >= 0.6 is 0 Å². The largest absolute Gasteiger partial charge is 0.383 e. The fraction of sp³-hybridized carbons (Fsp3) is 0.357. The summed E-state index contributed by atoms with van der Waals surface area (Å²) in [5.74, 6) is 0.500. The molecule has 96 valence electrons. The first kappa shape index (κ1) is 12.6. The monoisotopic (exact) mass is 247 g/mol. The maximum atomic E-state index is 13.9. The molecule has 0 aliphatic rings. The smallest absolute Gasteiger partial charge is 0.131 e. The van der Waals surface area contributed by atoms with Crippen molar-refractivity contribution in [1.82, 2.24) is 9.78 Å². The number of aromatic nitrogens is 2. The highest BCUT2D eigenvalue weighted by atomic mass is 19.1. The quantitative estimate of drug-likeness (QED) is 0.904. The van der Waals surface area contributed by atoms with Crippen LogP contribution in [-0.2, 0) is 7.05 Å². The molecule has 3 nitrogen and oxygen atoms in total. The minimum absolute atomic E-state index is 0.253. The Morgan fingerprint density at radius 3 is 2.67 bits per heavy atom. The minimum Gasteiger partial charge on any atom is -0.383 e. The normalized spacial score (nSPS) is 12.7. The first-order valence-corrected chi connectivity index (χ1v) is 6.13. The van der Waals surface area contributed by atoms with Gasteiger partial charge in [0.05, 0.1) is 11.3 Å². The van der Waals surface area contributed by atoms with E-state index in [9.17, 15) is 4.39 Å². The number of halogens is 1. The summed E-state index contributed by atoms with van der Waals surface area (Å²) in [4.78, 5) is 0. The maximum Gasteiger partial charge on any atom is 0.131 e. The number of hydrogen-bond donors (Lipinski definition) is 1. The lowest BCUT2D eigenvalue weighted by atomic mass is 9.96. The number of nitrogens with two attached hydrogens (primary N) is 1. The van der Waals surface area contributed by atoms with Crippen molar-refractivity contribution in [2.45, 2.75) is 26.2 Å². The van der Waals surface area contributed by atoms with Gasteiger partial charge in [0.2, 0.25) is 0 Å². The second kappa shape index (κ2) is 4.80. The Morgan fingerprint density at radius 2 is 2.06 bits per heavy atom. The SMILES string of the molecule is CCC(C)c1nn(C)c(N)c1-c1ccccc1F. The molecule has 1 unspecified atom stereocenters. The molecule has 0 saturated carbocycles. The molecule has 0 aliphatic carbocycles. The lowest BCUT2D eigenvalue weighted by molar-refractivity contribution is 0.630. The highest BCUT2D eigenvalue weighted by Gasteiger charge is 2.21. The van der Waals surface area contributed by atoms with Crippen LogP contribution in [0.25, 0.3) is 11.1 Å². The van der Waals surface area contributed by atoms with Crippen molar-refractivity contribution >= 4 is 5.82 Å². The van der Waals surface area contributed by atoms with Crippen LogP contribution < -0.4 is 5.73 Å². The van der Waals surface area contributed by atoms with Gasteiger partial charge in [-0.25, -0.2) is 4.39 Å². The highest BCUT2D eigenvalue weighted by Crippen LogP contribution is 2.35. The molecule has 1 atom stereocenters. The molecule has 1 aromatic carbocycles. The second-order valence-electron chi connectivity index (χ2n) is 4.56. The van der Waals surface area contributed by atoms with Crippen LogP contribution in [0, 0.1) is 5.82 Å². The zero-order valence-corrected chi connectivity index (χ0v) is 10.9. The van der Waals surface area contributed by atoms with Crippen molar-refractivity contribution in [3.63, 3.8) is 0 Å². The number of nitrogens with zero attached hydrogens (tertiary/aromatic N) is 2. The van der Waals surface area contributed by atoms with Gasteiger partial charge in [0.25, 0.3) is 0 Å². The van der Waals surface area contributed by atoms with Gasteiger partial charge in [-0.1, -0.05) is 32.0 Å². The Hall–Kier alpha value is -1.84. The molecule has 18 heavy (non-hydrogen) atoms. The van der Waals surface area contributed by atoms with Crippen LogP contribution in [0.4, 0.5) is 10.2 Å². The van der Waals surface area contributed by atoms with Crippen molar-refractivity contribution in [3.05, 3.63) is 35.8 Å². The summed E-state index contributed by atoms with van der Waals surface area (Å²) >= 11 is 0. The molecule has 1 aromatic heterocycles. The van der Waals surface area contributed by atoms with E-state index in [1.807, 2.05) is 6.07 Å². The second-order valence-corrected chi connectivity index (χ2v) is 4.56. The zero-order chi connectivity index (χ0) is 13.3. The van der Waals surface area contributed by atoms with Gasteiger partial charge >= 0.3 is 0 Å². The van der Waals surface area contributed by atoms with Crippen LogP contribution in [0.1, 0.15) is 31.9 Å². The number of hydrogen-bond acceptors (Lipinski definition) is 2. The molecule has 0 radical (unpaired) electrons. The van der Waals surface area contributed by atoms with Gasteiger partial charge in [-0.05, 0) is 12.5 Å². The highest BCUT2D eigenvalue weighted by molar-refractivity contribution is 5.77. The van der Waals surface area contributed by atoms with Gasteiger partial charge in [0.1, 0.15) is 11.6 Å². The third-order valence-corrected chi connectivity index (χ3v) is 3.34. The Labute approximate surface area is 106 Å². The minimum atomic E-state index is -0.262. The van der Waals surface area contributed by atoms with E-state index in [4.69, 9.17) is 5.73 Å². The van der Waals surface area contributed by atoms with E-state index < -0.39 is 0 Å². The Morgan fingerprint density at radius 1 is 1.39 bits per heavy atom. The average Bonchev–Trinajstić information content (AvgIpc) is 2.66. The molecule has 1 heterocycles. The number of rotatable bonds is 3. The summed E-state index contributed by atoms with van der Waals surface area (Å²) in [6.45, 7) is 4.16. The first-order valence-electron chi connectivity index (χ1n) is 6.13. The molecule has 2 rings (SSSR count). The van der Waals surface area contributed by atoms with E-state index in [1.165, 1.54) is 6.07 Å². The number of aryl methyl sites for hydroxylation is 1. The molecule has 2 N–H and O–H groups in total. The van der Waals surface area contributed by atoms with Crippen molar-refractivity contribution in [2.24, 2.45) is 7.05 Å². The summed E-state index contributed by atoms with van der Waals surface area (Å²) in [6.07, 6.45) is 0.942. The molecule has 0 aliphatic heterocycles. The van der Waals surface area contributed by atoms with Crippen LogP contribution in [0.2, 0.25) is 0 Å². The lowest BCUT2D eigenvalue weighted by Crippen LogP contribution is -1.98. The number of nitrogen functional groups attached to an aromatic ring is 1. The lowest BCUT2D eigenvalue weighted by Gasteiger charge is -2.09. The van der Waals surface area contributed by atoms with E-state index >= 15 is 0 Å². The Bertz CT molecular complexity index is 560. The van der Waals surface area contributed by atoms with Gasteiger partial charge in [-0.2, -0.15) is 5.10 Å². The molecule has 2 aromatic rings. The predicted molar refractivity (Wildman–Crippen MR) is 71.7 cm³/mol. The van der Waals surface area contributed by atoms with Crippen LogP contribution in [0.3, 0.4) is 0 Å². The van der Waals surface area contributed by atoms with Gasteiger partial charge in [0.15, 0.2) is 0 Å². The molecule has 4 heteroatoms. The molecule has 0 amide bonds. The molecule has 0 spiro atoms. The fourth-order valence-corrected chi connectivity index (χ4v) is 2.04. The zero-order valence-electron chi connectivity index (χ0n) is 10.9. The van der Waals surface area contributed by atoms with Crippen LogP contribution in [0.5, 0.6) is 0 Å². The van der Waals surface area contributed by atoms with Gasteiger partial charge < -0.3 is 5.73 Å². The van der Waals surface area contributed by atoms with Crippen LogP contribution in [0.15, 0.2) is 24.3 Å². The van der Waals surface area contributed by atoms with Crippen molar-refractivity contribution in [3.8, 4) is 11.1 Å². The molecular formula is C14H18FN3. The topological polar surface area (TPSA) is 43.8 Å². The van der Waals surface area contributed by atoms with Crippen molar-refractivity contribution in [1.29, 1.82) is 0 Å². The number of anilines is 1. The third-order valence-electron chi connectivity index (χ3n) is 3.34. The van der Waals surface area contributed by atoms with E-state index in [-0.39, 0.29) is 11.7 Å². The third kappa shape index (κ3) is 1.98. The van der Waals surface area contributed by atoms with E-state index in [0.29, 0.717) is 11.4 Å². The molecular weight excluding hydrogens is 229 g/mol. The standard InChI is InChI=1S/C14H18FN3/c1-4-9(2)13-12(14(16)18(3)17-13)10-7-5-6-8-11(10)15/h5-9H,4,16H2,1-3H3. The summed E-state index contributed by atoms with van der Waals surface area (Å²) in [5.41, 5.74) is 8.15. The van der Waals surface area contributed by atoms with E-state index in [0.717, 1.165) is 17.7 Å². The van der Waals surface area contributed by atoms with Gasteiger partial charge in [-0.15, -0.1) is 0 Å². The summed E-state index contributed by atoms with van der Waals surface area (Å²) in [6, 6.07) is 6.68. The van der Waals surface area contributed by atoms with Crippen molar-refractivity contribution in [2.75, 3.05) is 5.73 Å². The Kier molecular flexibility index (Phi) is 3.36. The molecule has 0 saturated heterocycles. The molecule has 0 fully saturated rings. The predicted octanol–water partition coefficient (Wildman–Crippen LogP) is 3.32. The Balaban J connectivity index is 2.66. The molecule has 0 bridgehead atoms. The van der Waals surface area contributed by atoms with Crippen molar-refractivity contribution < 1.29 is 4.39 Å². The summed E-state index contributed by atoms with van der Waals surface area (Å²) < 4.78 is 15.5. The van der Waals surface area contributed by atoms with Crippen LogP contribution in [-0.4, -0.2) is 9.78 Å². The number of benzene rings is 1.